The Balaban J connectivity index is 1.41. The number of thioether (sulfide) groups is 1. The summed E-state index contributed by atoms with van der Waals surface area (Å²) in [6.07, 6.45) is 3.45. The smallest absolute Gasteiger partial charge is 0.323 e. The topological polar surface area (TPSA) is 121 Å². The number of imidazole rings is 1. The SMILES string of the molecule is Cc1ccc(-n2c(SCC(=O)Nc3ccc4[nH]c(=O)[nH]c4c3)nnc2-c2cccnc2)c(C)c1. The number of aromatic nitrogens is 6. The highest BCUT2D eigenvalue weighted by Gasteiger charge is 2.19. The molecule has 0 bridgehead atoms. The van der Waals surface area contributed by atoms with Crippen molar-refractivity contribution >= 4 is 34.4 Å². The molecule has 0 unspecified atom stereocenters. The lowest BCUT2D eigenvalue weighted by Gasteiger charge is -2.13. The highest BCUT2D eigenvalue weighted by atomic mass is 32.2. The van der Waals surface area contributed by atoms with Gasteiger partial charge in [-0.1, -0.05) is 29.5 Å². The molecule has 0 aliphatic heterocycles. The first kappa shape index (κ1) is 21.7. The number of aromatic amines is 2. The van der Waals surface area contributed by atoms with E-state index in [2.05, 4.69) is 36.5 Å². The van der Waals surface area contributed by atoms with Crippen LogP contribution in [0.5, 0.6) is 0 Å². The van der Waals surface area contributed by atoms with Crippen LogP contribution in [-0.4, -0.2) is 41.4 Å². The summed E-state index contributed by atoms with van der Waals surface area (Å²) < 4.78 is 1.96. The van der Waals surface area contributed by atoms with Crippen molar-refractivity contribution in [1.29, 1.82) is 0 Å². The van der Waals surface area contributed by atoms with Crippen LogP contribution in [0.3, 0.4) is 0 Å². The van der Waals surface area contributed by atoms with Crippen molar-refractivity contribution in [3.05, 3.63) is 82.5 Å². The minimum absolute atomic E-state index is 0.137. The largest absolute Gasteiger partial charge is 0.325 e. The van der Waals surface area contributed by atoms with Crippen molar-refractivity contribution < 1.29 is 4.79 Å². The van der Waals surface area contributed by atoms with Gasteiger partial charge in [-0.05, 0) is 55.8 Å². The number of fused-ring (bicyclic) bond motifs is 1. The molecule has 0 saturated carbocycles. The normalized spacial score (nSPS) is 11.1. The Morgan fingerprint density at radius 2 is 1.91 bits per heavy atom. The second-order valence-corrected chi connectivity index (χ2v) is 8.79. The van der Waals surface area contributed by atoms with Crippen molar-refractivity contribution in [2.45, 2.75) is 19.0 Å². The Morgan fingerprint density at radius 1 is 1.06 bits per heavy atom. The van der Waals surface area contributed by atoms with Gasteiger partial charge in [-0.25, -0.2) is 4.79 Å². The molecule has 5 aromatic rings. The summed E-state index contributed by atoms with van der Waals surface area (Å²) >= 11 is 1.30. The second kappa shape index (κ2) is 8.99. The zero-order valence-electron chi connectivity index (χ0n) is 18.5. The van der Waals surface area contributed by atoms with Crippen LogP contribution in [0, 0.1) is 13.8 Å². The maximum absolute atomic E-state index is 12.7. The fourth-order valence-corrected chi connectivity index (χ4v) is 4.50. The highest BCUT2D eigenvalue weighted by molar-refractivity contribution is 7.99. The second-order valence-electron chi connectivity index (χ2n) is 7.85. The molecule has 0 radical (unpaired) electrons. The monoisotopic (exact) mass is 471 g/mol. The van der Waals surface area contributed by atoms with Crippen molar-refractivity contribution in [1.82, 2.24) is 29.7 Å². The first-order chi connectivity index (χ1) is 16.5. The van der Waals surface area contributed by atoms with Gasteiger partial charge in [-0.15, -0.1) is 10.2 Å². The average Bonchev–Trinajstić information content (AvgIpc) is 3.40. The third-order valence-corrected chi connectivity index (χ3v) is 6.21. The molecule has 3 aromatic heterocycles. The lowest BCUT2D eigenvalue weighted by Crippen LogP contribution is -2.14. The summed E-state index contributed by atoms with van der Waals surface area (Å²) in [4.78, 5) is 33.7. The number of aryl methyl sites for hydroxylation is 2. The molecule has 34 heavy (non-hydrogen) atoms. The first-order valence-corrected chi connectivity index (χ1v) is 11.5. The maximum atomic E-state index is 12.7. The summed E-state index contributed by atoms with van der Waals surface area (Å²) in [5.41, 5.74) is 5.63. The van der Waals surface area contributed by atoms with Crippen LogP contribution in [0.1, 0.15) is 11.1 Å². The first-order valence-electron chi connectivity index (χ1n) is 10.6. The Hall–Kier alpha value is -4.18. The van der Waals surface area contributed by atoms with E-state index in [-0.39, 0.29) is 17.3 Å². The van der Waals surface area contributed by atoms with Gasteiger partial charge in [0.1, 0.15) is 0 Å². The summed E-state index contributed by atoms with van der Waals surface area (Å²) in [5, 5.41) is 12.3. The lowest BCUT2D eigenvalue weighted by molar-refractivity contribution is -0.113. The van der Waals surface area contributed by atoms with Crippen LogP contribution in [0.4, 0.5) is 5.69 Å². The Morgan fingerprint density at radius 3 is 2.71 bits per heavy atom. The number of rotatable bonds is 6. The Labute approximate surface area is 198 Å². The summed E-state index contributed by atoms with van der Waals surface area (Å²) in [5.74, 6) is 0.600. The van der Waals surface area contributed by atoms with E-state index in [0.717, 1.165) is 22.4 Å². The van der Waals surface area contributed by atoms with Crippen LogP contribution in [0.2, 0.25) is 0 Å². The van der Waals surface area contributed by atoms with Gasteiger partial charge in [-0.3, -0.25) is 14.3 Å². The van der Waals surface area contributed by atoms with Crippen molar-refractivity contribution in [3.8, 4) is 17.1 Å². The van der Waals surface area contributed by atoms with Gasteiger partial charge in [0.15, 0.2) is 11.0 Å². The predicted molar refractivity (Wildman–Crippen MR) is 132 cm³/mol. The van der Waals surface area contributed by atoms with Crippen LogP contribution >= 0.6 is 11.8 Å². The summed E-state index contributed by atoms with van der Waals surface area (Å²) in [7, 11) is 0. The maximum Gasteiger partial charge on any atom is 0.323 e. The molecular formula is C24H21N7O2S. The number of carbonyl (C=O) groups excluding carboxylic acids is 1. The number of anilines is 1. The van der Waals surface area contributed by atoms with Crippen LogP contribution in [0.15, 0.2) is 70.9 Å². The third-order valence-electron chi connectivity index (χ3n) is 5.28. The van der Waals surface area contributed by atoms with Crippen LogP contribution < -0.4 is 11.0 Å². The molecule has 10 heteroatoms. The van der Waals surface area contributed by atoms with E-state index < -0.39 is 0 Å². The van der Waals surface area contributed by atoms with E-state index in [9.17, 15) is 9.59 Å². The van der Waals surface area contributed by atoms with Crippen molar-refractivity contribution in [3.63, 3.8) is 0 Å². The molecular weight excluding hydrogens is 450 g/mol. The Kier molecular flexibility index (Phi) is 5.72. The van der Waals surface area contributed by atoms with Crippen LogP contribution in [0.25, 0.3) is 28.1 Å². The Bertz CT molecular complexity index is 1550. The van der Waals surface area contributed by atoms with Crippen molar-refractivity contribution in [2.75, 3.05) is 11.1 Å². The quantitative estimate of drug-likeness (QED) is 0.324. The van der Waals surface area contributed by atoms with E-state index in [0.29, 0.717) is 27.7 Å². The van der Waals surface area contributed by atoms with E-state index in [1.807, 2.05) is 42.7 Å². The molecule has 0 atom stereocenters. The number of hydrogen-bond donors (Lipinski definition) is 3. The molecule has 3 N–H and O–H groups in total. The van der Waals surface area contributed by atoms with Gasteiger partial charge < -0.3 is 15.3 Å². The van der Waals surface area contributed by atoms with E-state index >= 15 is 0 Å². The van der Waals surface area contributed by atoms with Gasteiger partial charge in [0.05, 0.1) is 22.5 Å². The summed E-state index contributed by atoms with van der Waals surface area (Å²) in [6.45, 7) is 4.09. The number of hydrogen-bond acceptors (Lipinski definition) is 6. The van der Waals surface area contributed by atoms with E-state index in [4.69, 9.17) is 0 Å². The number of carbonyl (C=O) groups is 1. The molecule has 0 aliphatic rings. The standard InChI is InChI=1S/C24H21N7O2S/c1-14-5-8-20(15(2)10-14)31-22(16-4-3-9-25-12-16)29-30-24(31)34-13-21(32)26-17-6-7-18-19(11-17)28-23(33)27-18/h3-12H,13H2,1-2H3,(H,26,32)(H2,27,28,33). The molecule has 9 nitrogen and oxygen atoms in total. The number of nitrogens with one attached hydrogen (secondary N) is 3. The minimum Gasteiger partial charge on any atom is -0.325 e. The molecule has 0 aliphatic carbocycles. The van der Waals surface area contributed by atoms with Crippen molar-refractivity contribution in [2.24, 2.45) is 0 Å². The predicted octanol–water partition coefficient (Wildman–Crippen LogP) is 3.85. The molecule has 0 spiro atoms. The number of benzene rings is 2. The van der Waals surface area contributed by atoms with Gasteiger partial charge in [0.25, 0.3) is 0 Å². The van der Waals surface area contributed by atoms with Gasteiger partial charge in [0, 0.05) is 23.6 Å². The molecule has 0 fully saturated rings. The molecule has 0 saturated heterocycles. The highest BCUT2D eigenvalue weighted by Crippen LogP contribution is 2.29. The zero-order valence-corrected chi connectivity index (χ0v) is 19.3. The molecule has 2 aromatic carbocycles. The van der Waals surface area contributed by atoms with Gasteiger partial charge in [0.2, 0.25) is 5.91 Å². The van der Waals surface area contributed by atoms with E-state index in [1.54, 1.807) is 30.6 Å². The number of pyridine rings is 1. The number of H-pyrrole nitrogens is 2. The lowest BCUT2D eigenvalue weighted by atomic mass is 10.1. The summed E-state index contributed by atoms with van der Waals surface area (Å²) in [6, 6.07) is 15.2. The minimum atomic E-state index is -0.288. The fraction of sp³-hybridized carbons (Fsp3) is 0.125. The fourth-order valence-electron chi connectivity index (χ4n) is 3.76. The van der Waals surface area contributed by atoms with E-state index in [1.165, 1.54) is 11.8 Å². The van der Waals surface area contributed by atoms with Crippen LogP contribution in [-0.2, 0) is 4.79 Å². The zero-order chi connectivity index (χ0) is 23.7. The van der Waals surface area contributed by atoms with Gasteiger partial charge >= 0.3 is 5.69 Å². The third kappa shape index (κ3) is 4.35. The molecule has 1 amide bonds. The molecule has 3 heterocycles. The number of amides is 1. The molecule has 5 rings (SSSR count). The van der Waals surface area contributed by atoms with Gasteiger partial charge in [-0.2, -0.15) is 0 Å². The number of nitrogens with zero attached hydrogens (tertiary/aromatic N) is 4. The average molecular weight is 472 g/mol. The molecule has 170 valence electrons.